The van der Waals surface area contributed by atoms with E-state index in [0.29, 0.717) is 25.6 Å². The number of methoxy groups -OCH3 is 1. The molecule has 1 fully saturated rings. The van der Waals surface area contributed by atoms with E-state index >= 15 is 0 Å². The number of carbonyl (C=O) groups excluding carboxylic acids is 1. The summed E-state index contributed by atoms with van der Waals surface area (Å²) in [5.74, 6) is -0.00807. The van der Waals surface area contributed by atoms with E-state index < -0.39 is 5.97 Å². The van der Waals surface area contributed by atoms with E-state index in [4.69, 9.17) is 14.2 Å². The first-order chi connectivity index (χ1) is 9.10. The van der Waals surface area contributed by atoms with E-state index in [2.05, 4.69) is 11.9 Å². The molecule has 1 aliphatic rings. The third-order valence-corrected chi connectivity index (χ3v) is 3.48. The van der Waals surface area contributed by atoms with Gasteiger partial charge in [0.1, 0.15) is 0 Å². The molecule has 1 saturated heterocycles. The summed E-state index contributed by atoms with van der Waals surface area (Å²) < 4.78 is 15.7. The van der Waals surface area contributed by atoms with Gasteiger partial charge in [0.15, 0.2) is 11.4 Å². The van der Waals surface area contributed by atoms with Gasteiger partial charge in [0.25, 0.3) is 0 Å². The summed E-state index contributed by atoms with van der Waals surface area (Å²) in [5.41, 5.74) is 1.05. The van der Waals surface area contributed by atoms with Crippen molar-refractivity contribution in [2.45, 2.75) is 20.3 Å². The second kappa shape index (κ2) is 5.57. The standard InChI is InChI=1S/C14H19NO4/c1-4-14(7-18-8-14)9-19-11-6-5-10(2)15-12(11)13(16)17-3/h5-6H,4,7-9H2,1-3H3. The van der Waals surface area contributed by atoms with Crippen LogP contribution in [0.5, 0.6) is 5.75 Å². The molecule has 0 radical (unpaired) electrons. The third kappa shape index (κ3) is 2.87. The van der Waals surface area contributed by atoms with Crippen molar-refractivity contribution in [2.75, 3.05) is 26.9 Å². The van der Waals surface area contributed by atoms with Crippen LogP contribution in [0.15, 0.2) is 12.1 Å². The molecule has 0 N–H and O–H groups in total. The number of aryl methyl sites for hydroxylation is 1. The highest BCUT2D eigenvalue weighted by Gasteiger charge is 2.38. The summed E-state index contributed by atoms with van der Waals surface area (Å²) in [7, 11) is 1.34. The minimum absolute atomic E-state index is 0.0677. The Morgan fingerprint density at radius 1 is 1.47 bits per heavy atom. The van der Waals surface area contributed by atoms with Gasteiger partial charge in [-0.25, -0.2) is 9.78 Å². The Hall–Kier alpha value is -1.62. The Kier molecular flexibility index (Phi) is 4.04. The van der Waals surface area contributed by atoms with Crippen LogP contribution in [0.2, 0.25) is 0 Å². The van der Waals surface area contributed by atoms with Gasteiger partial charge in [-0.3, -0.25) is 0 Å². The van der Waals surface area contributed by atoms with Crippen LogP contribution in [0.4, 0.5) is 0 Å². The Morgan fingerprint density at radius 3 is 2.74 bits per heavy atom. The number of hydrogen-bond acceptors (Lipinski definition) is 5. The fraction of sp³-hybridized carbons (Fsp3) is 0.571. The lowest BCUT2D eigenvalue weighted by molar-refractivity contribution is -0.133. The molecular formula is C14H19NO4. The van der Waals surface area contributed by atoms with Gasteiger partial charge in [-0.05, 0) is 25.5 Å². The van der Waals surface area contributed by atoms with Crippen LogP contribution in [0.1, 0.15) is 29.5 Å². The molecule has 1 aliphatic heterocycles. The zero-order chi connectivity index (χ0) is 13.9. The normalized spacial score (nSPS) is 16.6. The monoisotopic (exact) mass is 265 g/mol. The highest BCUT2D eigenvalue weighted by Crippen LogP contribution is 2.32. The highest BCUT2D eigenvalue weighted by atomic mass is 16.5. The van der Waals surface area contributed by atoms with Crippen molar-refractivity contribution in [1.29, 1.82) is 0 Å². The minimum atomic E-state index is -0.478. The summed E-state index contributed by atoms with van der Waals surface area (Å²) in [6.45, 7) is 5.87. The summed E-state index contributed by atoms with van der Waals surface area (Å²) in [5, 5.41) is 0. The number of nitrogens with zero attached hydrogens (tertiary/aromatic N) is 1. The number of pyridine rings is 1. The second-order valence-corrected chi connectivity index (χ2v) is 4.93. The molecule has 5 nitrogen and oxygen atoms in total. The zero-order valence-electron chi connectivity index (χ0n) is 11.6. The van der Waals surface area contributed by atoms with Gasteiger partial charge in [0, 0.05) is 5.69 Å². The predicted octanol–water partition coefficient (Wildman–Crippen LogP) is 1.98. The Balaban J connectivity index is 2.13. The van der Waals surface area contributed by atoms with Crippen molar-refractivity contribution >= 4 is 5.97 Å². The van der Waals surface area contributed by atoms with Gasteiger partial charge in [0.05, 0.1) is 32.3 Å². The maximum absolute atomic E-state index is 11.7. The molecule has 0 spiro atoms. The first-order valence-electron chi connectivity index (χ1n) is 6.37. The van der Waals surface area contributed by atoms with Gasteiger partial charge < -0.3 is 14.2 Å². The topological polar surface area (TPSA) is 57.7 Å². The molecule has 0 unspecified atom stereocenters. The van der Waals surface area contributed by atoms with E-state index in [-0.39, 0.29) is 11.1 Å². The molecule has 104 valence electrons. The molecule has 1 aromatic rings. The molecule has 0 aromatic carbocycles. The van der Waals surface area contributed by atoms with Gasteiger partial charge in [-0.1, -0.05) is 6.92 Å². The van der Waals surface area contributed by atoms with Gasteiger partial charge in [-0.15, -0.1) is 0 Å². The van der Waals surface area contributed by atoms with E-state index in [1.807, 2.05) is 13.0 Å². The minimum Gasteiger partial charge on any atom is -0.490 e. The Labute approximate surface area is 112 Å². The molecule has 2 rings (SSSR count). The average Bonchev–Trinajstić information content (AvgIpc) is 2.38. The lowest BCUT2D eigenvalue weighted by Crippen LogP contribution is -2.46. The van der Waals surface area contributed by atoms with Gasteiger partial charge >= 0.3 is 5.97 Å². The zero-order valence-corrected chi connectivity index (χ0v) is 11.6. The molecule has 0 amide bonds. The number of carbonyl (C=O) groups is 1. The fourth-order valence-electron chi connectivity index (χ4n) is 1.91. The van der Waals surface area contributed by atoms with E-state index in [1.165, 1.54) is 7.11 Å². The summed E-state index contributed by atoms with van der Waals surface area (Å²) in [6, 6.07) is 3.58. The van der Waals surface area contributed by atoms with Crippen molar-refractivity contribution in [3.05, 3.63) is 23.5 Å². The fourth-order valence-corrected chi connectivity index (χ4v) is 1.91. The molecule has 2 heterocycles. The quantitative estimate of drug-likeness (QED) is 0.762. The van der Waals surface area contributed by atoms with Gasteiger partial charge in [0.2, 0.25) is 0 Å². The van der Waals surface area contributed by atoms with Crippen LogP contribution < -0.4 is 4.74 Å². The van der Waals surface area contributed by atoms with Crippen molar-refractivity contribution in [1.82, 2.24) is 4.98 Å². The van der Waals surface area contributed by atoms with E-state index in [9.17, 15) is 4.79 Å². The smallest absolute Gasteiger partial charge is 0.360 e. The molecule has 0 bridgehead atoms. The van der Waals surface area contributed by atoms with Crippen molar-refractivity contribution in [3.63, 3.8) is 0 Å². The van der Waals surface area contributed by atoms with Crippen LogP contribution in [0.25, 0.3) is 0 Å². The van der Waals surface area contributed by atoms with Crippen LogP contribution in [0, 0.1) is 12.3 Å². The summed E-state index contributed by atoms with van der Waals surface area (Å²) >= 11 is 0. The average molecular weight is 265 g/mol. The maximum Gasteiger partial charge on any atom is 0.360 e. The van der Waals surface area contributed by atoms with E-state index in [0.717, 1.165) is 12.1 Å². The molecule has 5 heteroatoms. The first-order valence-corrected chi connectivity index (χ1v) is 6.37. The predicted molar refractivity (Wildman–Crippen MR) is 69.4 cm³/mol. The summed E-state index contributed by atoms with van der Waals surface area (Å²) in [6.07, 6.45) is 0.986. The molecule has 1 aromatic heterocycles. The lowest BCUT2D eigenvalue weighted by atomic mass is 9.84. The number of aromatic nitrogens is 1. The Morgan fingerprint density at radius 2 is 2.21 bits per heavy atom. The molecule has 0 atom stereocenters. The number of rotatable bonds is 5. The molecular weight excluding hydrogens is 246 g/mol. The molecule has 0 aliphatic carbocycles. The highest BCUT2D eigenvalue weighted by molar-refractivity contribution is 5.90. The Bertz CT molecular complexity index is 463. The SMILES string of the molecule is CCC1(COc2ccc(C)nc2C(=O)OC)COC1. The summed E-state index contributed by atoms with van der Waals surface area (Å²) in [4.78, 5) is 15.9. The lowest BCUT2D eigenvalue weighted by Gasteiger charge is -2.40. The third-order valence-electron chi connectivity index (χ3n) is 3.48. The molecule has 19 heavy (non-hydrogen) atoms. The van der Waals surface area contributed by atoms with Crippen LogP contribution in [0.3, 0.4) is 0 Å². The molecule has 0 saturated carbocycles. The number of esters is 1. The number of hydrogen-bond donors (Lipinski definition) is 0. The van der Waals surface area contributed by atoms with Crippen LogP contribution in [-0.4, -0.2) is 37.9 Å². The van der Waals surface area contributed by atoms with Crippen molar-refractivity contribution in [2.24, 2.45) is 5.41 Å². The van der Waals surface area contributed by atoms with Gasteiger partial charge in [-0.2, -0.15) is 0 Å². The number of ether oxygens (including phenoxy) is 3. The van der Waals surface area contributed by atoms with E-state index in [1.54, 1.807) is 6.07 Å². The largest absolute Gasteiger partial charge is 0.490 e. The van der Waals surface area contributed by atoms with Crippen molar-refractivity contribution < 1.29 is 19.0 Å². The van der Waals surface area contributed by atoms with Crippen molar-refractivity contribution in [3.8, 4) is 5.75 Å². The van der Waals surface area contributed by atoms with Crippen LogP contribution in [-0.2, 0) is 9.47 Å². The van der Waals surface area contributed by atoms with Crippen LogP contribution >= 0.6 is 0 Å². The second-order valence-electron chi connectivity index (χ2n) is 4.93. The first kappa shape index (κ1) is 13.8. The maximum atomic E-state index is 11.7.